The van der Waals surface area contributed by atoms with Gasteiger partial charge in [0.1, 0.15) is 0 Å². The SMILES string of the molecule is CS(=O)(=O)Cc1cn(CCO)nn1. The molecule has 0 saturated heterocycles. The lowest BCUT2D eigenvalue weighted by Gasteiger charge is -1.92. The van der Waals surface area contributed by atoms with Crippen LogP contribution in [0.3, 0.4) is 0 Å². The summed E-state index contributed by atoms with van der Waals surface area (Å²) in [6.45, 7) is 0.290. The number of aromatic nitrogens is 3. The van der Waals surface area contributed by atoms with Gasteiger partial charge in [0.2, 0.25) is 0 Å². The van der Waals surface area contributed by atoms with Crippen LogP contribution in [0, 0.1) is 0 Å². The summed E-state index contributed by atoms with van der Waals surface area (Å²) in [6, 6.07) is 0. The molecule has 0 unspecified atom stereocenters. The number of sulfone groups is 1. The predicted molar refractivity (Wildman–Crippen MR) is 45.7 cm³/mol. The van der Waals surface area contributed by atoms with Crippen molar-refractivity contribution in [2.24, 2.45) is 0 Å². The number of hydrogen-bond donors (Lipinski definition) is 1. The van der Waals surface area contributed by atoms with Crippen molar-refractivity contribution in [3.05, 3.63) is 11.9 Å². The van der Waals surface area contributed by atoms with Crippen molar-refractivity contribution in [2.75, 3.05) is 12.9 Å². The molecule has 0 fully saturated rings. The first-order valence-corrected chi connectivity index (χ1v) is 5.75. The molecule has 0 atom stereocenters. The quantitative estimate of drug-likeness (QED) is 0.668. The van der Waals surface area contributed by atoms with Crippen LogP contribution in [0.15, 0.2) is 6.20 Å². The van der Waals surface area contributed by atoms with E-state index >= 15 is 0 Å². The summed E-state index contributed by atoms with van der Waals surface area (Å²) in [5.74, 6) is -0.113. The first-order chi connectivity index (χ1) is 6.01. The molecule has 0 amide bonds. The molecule has 13 heavy (non-hydrogen) atoms. The summed E-state index contributed by atoms with van der Waals surface area (Å²) >= 11 is 0. The van der Waals surface area contributed by atoms with Crippen LogP contribution in [-0.2, 0) is 22.1 Å². The summed E-state index contributed by atoms with van der Waals surface area (Å²) in [4.78, 5) is 0. The average molecular weight is 205 g/mol. The highest BCUT2D eigenvalue weighted by atomic mass is 32.2. The molecule has 1 aromatic heterocycles. The second-order valence-corrected chi connectivity index (χ2v) is 4.91. The van der Waals surface area contributed by atoms with Gasteiger partial charge < -0.3 is 5.11 Å². The zero-order chi connectivity index (χ0) is 9.90. The third-order valence-electron chi connectivity index (χ3n) is 1.33. The van der Waals surface area contributed by atoms with Crippen molar-refractivity contribution in [1.29, 1.82) is 0 Å². The Balaban J connectivity index is 2.69. The number of rotatable bonds is 4. The monoisotopic (exact) mass is 205 g/mol. The van der Waals surface area contributed by atoms with Gasteiger partial charge in [-0.05, 0) is 0 Å². The van der Waals surface area contributed by atoms with Crippen LogP contribution in [0.25, 0.3) is 0 Å². The second kappa shape index (κ2) is 3.84. The molecular formula is C6H11N3O3S. The van der Waals surface area contributed by atoms with Crippen LogP contribution in [0.2, 0.25) is 0 Å². The fourth-order valence-corrected chi connectivity index (χ4v) is 1.55. The molecule has 0 saturated carbocycles. The molecule has 0 bridgehead atoms. The largest absolute Gasteiger partial charge is 0.394 e. The lowest BCUT2D eigenvalue weighted by atomic mass is 10.5. The predicted octanol–water partition coefficient (Wildman–Crippen LogP) is -1.19. The van der Waals surface area contributed by atoms with E-state index in [4.69, 9.17) is 5.11 Å². The number of aliphatic hydroxyl groups is 1. The van der Waals surface area contributed by atoms with Gasteiger partial charge in [-0.1, -0.05) is 5.21 Å². The van der Waals surface area contributed by atoms with Crippen LogP contribution in [0.5, 0.6) is 0 Å². The van der Waals surface area contributed by atoms with Crippen LogP contribution in [0.1, 0.15) is 5.69 Å². The zero-order valence-electron chi connectivity index (χ0n) is 7.21. The van der Waals surface area contributed by atoms with E-state index in [1.54, 1.807) is 0 Å². The summed E-state index contributed by atoms with van der Waals surface area (Å²) < 4.78 is 23.1. The number of aliphatic hydroxyl groups excluding tert-OH is 1. The minimum Gasteiger partial charge on any atom is -0.394 e. The van der Waals surface area contributed by atoms with Gasteiger partial charge in [0, 0.05) is 12.5 Å². The Morgan fingerprint density at radius 1 is 1.62 bits per heavy atom. The lowest BCUT2D eigenvalue weighted by molar-refractivity contribution is 0.268. The van der Waals surface area contributed by atoms with E-state index < -0.39 is 9.84 Å². The highest BCUT2D eigenvalue weighted by Crippen LogP contribution is 1.99. The van der Waals surface area contributed by atoms with Crippen molar-refractivity contribution >= 4 is 9.84 Å². The van der Waals surface area contributed by atoms with E-state index in [1.165, 1.54) is 10.9 Å². The number of hydrogen-bond acceptors (Lipinski definition) is 5. The van der Waals surface area contributed by atoms with Crippen LogP contribution >= 0.6 is 0 Å². The van der Waals surface area contributed by atoms with Crippen molar-refractivity contribution < 1.29 is 13.5 Å². The molecule has 0 radical (unpaired) electrons. The van der Waals surface area contributed by atoms with Gasteiger partial charge in [-0.3, -0.25) is 0 Å². The minimum absolute atomic E-state index is 0.0400. The van der Waals surface area contributed by atoms with E-state index in [0.29, 0.717) is 12.2 Å². The molecule has 1 rings (SSSR count). The van der Waals surface area contributed by atoms with E-state index in [9.17, 15) is 8.42 Å². The van der Waals surface area contributed by atoms with Gasteiger partial charge in [0.25, 0.3) is 0 Å². The molecule has 0 aromatic carbocycles. The molecule has 1 aromatic rings. The van der Waals surface area contributed by atoms with Gasteiger partial charge in [0.15, 0.2) is 9.84 Å². The molecule has 0 aliphatic carbocycles. The molecular weight excluding hydrogens is 194 g/mol. The van der Waals surface area contributed by atoms with Gasteiger partial charge in [-0.15, -0.1) is 5.10 Å². The fourth-order valence-electron chi connectivity index (χ4n) is 0.885. The highest BCUT2D eigenvalue weighted by Gasteiger charge is 2.07. The molecule has 0 aliphatic heterocycles. The molecule has 1 heterocycles. The van der Waals surface area contributed by atoms with E-state index in [1.807, 2.05) is 0 Å². The van der Waals surface area contributed by atoms with E-state index in [-0.39, 0.29) is 12.4 Å². The molecule has 0 aliphatic rings. The van der Waals surface area contributed by atoms with Crippen molar-refractivity contribution in [1.82, 2.24) is 15.0 Å². The Morgan fingerprint density at radius 3 is 2.85 bits per heavy atom. The zero-order valence-corrected chi connectivity index (χ0v) is 8.03. The summed E-state index contributed by atoms with van der Waals surface area (Å²) in [7, 11) is -3.06. The second-order valence-electron chi connectivity index (χ2n) is 2.77. The summed E-state index contributed by atoms with van der Waals surface area (Å²) in [5.41, 5.74) is 0.399. The highest BCUT2D eigenvalue weighted by molar-refractivity contribution is 7.89. The Morgan fingerprint density at radius 2 is 2.31 bits per heavy atom. The first-order valence-electron chi connectivity index (χ1n) is 3.69. The maximum absolute atomic E-state index is 10.8. The van der Waals surface area contributed by atoms with Crippen molar-refractivity contribution in [3.8, 4) is 0 Å². The first kappa shape index (κ1) is 10.1. The average Bonchev–Trinajstić information content (AvgIpc) is 2.33. The van der Waals surface area contributed by atoms with E-state index in [2.05, 4.69) is 10.3 Å². The normalized spacial score (nSPS) is 11.8. The summed E-state index contributed by atoms with van der Waals surface area (Å²) in [6.07, 6.45) is 2.65. The van der Waals surface area contributed by atoms with Crippen LogP contribution in [0.4, 0.5) is 0 Å². The smallest absolute Gasteiger partial charge is 0.153 e. The van der Waals surface area contributed by atoms with Crippen LogP contribution < -0.4 is 0 Å². The van der Waals surface area contributed by atoms with Gasteiger partial charge >= 0.3 is 0 Å². The fraction of sp³-hybridized carbons (Fsp3) is 0.667. The summed E-state index contributed by atoms with van der Waals surface area (Å²) in [5, 5.41) is 15.8. The Kier molecular flexibility index (Phi) is 2.99. The Hall–Kier alpha value is -0.950. The minimum atomic E-state index is -3.06. The van der Waals surface area contributed by atoms with E-state index in [0.717, 1.165) is 6.26 Å². The molecule has 1 N–H and O–H groups in total. The van der Waals surface area contributed by atoms with Gasteiger partial charge in [-0.25, -0.2) is 13.1 Å². The third-order valence-corrected chi connectivity index (χ3v) is 2.15. The third kappa shape index (κ3) is 3.51. The Bertz CT molecular complexity index is 370. The standard InChI is InChI=1S/C6H11N3O3S/c1-13(11,12)5-6-4-9(2-3-10)8-7-6/h4,10H,2-3,5H2,1H3. The Labute approximate surface area is 76.1 Å². The van der Waals surface area contributed by atoms with Crippen molar-refractivity contribution in [3.63, 3.8) is 0 Å². The topological polar surface area (TPSA) is 85.1 Å². The maximum Gasteiger partial charge on any atom is 0.153 e. The molecule has 6 nitrogen and oxygen atoms in total. The lowest BCUT2D eigenvalue weighted by Crippen LogP contribution is -2.02. The maximum atomic E-state index is 10.8. The number of nitrogens with zero attached hydrogens (tertiary/aromatic N) is 3. The molecule has 0 spiro atoms. The molecule has 7 heteroatoms. The molecule has 74 valence electrons. The van der Waals surface area contributed by atoms with Gasteiger partial charge in [-0.2, -0.15) is 0 Å². The van der Waals surface area contributed by atoms with Crippen molar-refractivity contribution in [2.45, 2.75) is 12.3 Å². The van der Waals surface area contributed by atoms with Crippen LogP contribution in [-0.4, -0.2) is 41.4 Å². The van der Waals surface area contributed by atoms with Gasteiger partial charge in [0.05, 0.1) is 24.6 Å².